The van der Waals surface area contributed by atoms with E-state index in [0.29, 0.717) is 44.3 Å². The van der Waals surface area contributed by atoms with E-state index in [0.717, 1.165) is 5.56 Å². The molecule has 166 valence electrons. The number of benzene rings is 3. The van der Waals surface area contributed by atoms with Gasteiger partial charge in [-0.25, -0.2) is 14.8 Å². The van der Waals surface area contributed by atoms with Crippen molar-refractivity contribution in [2.75, 3.05) is 0 Å². The normalized spacial score (nSPS) is 11.2. The molecule has 2 heterocycles. The van der Waals surface area contributed by atoms with Crippen LogP contribution in [0.2, 0.25) is 5.02 Å². The average Bonchev–Trinajstić information content (AvgIpc) is 3.33. The van der Waals surface area contributed by atoms with E-state index < -0.39 is 5.91 Å². The van der Waals surface area contributed by atoms with Gasteiger partial charge in [0.05, 0.1) is 23.0 Å². The monoisotopic (exact) mass is 469 g/mol. The van der Waals surface area contributed by atoms with Gasteiger partial charge in [-0.15, -0.1) is 0 Å². The highest BCUT2D eigenvalue weighted by Gasteiger charge is 2.14. The van der Waals surface area contributed by atoms with Crippen molar-refractivity contribution in [3.8, 4) is 22.6 Å². The van der Waals surface area contributed by atoms with Gasteiger partial charge in [0, 0.05) is 21.5 Å². The zero-order valence-electron chi connectivity index (χ0n) is 17.7. The van der Waals surface area contributed by atoms with Gasteiger partial charge in [0.15, 0.2) is 0 Å². The summed E-state index contributed by atoms with van der Waals surface area (Å²) in [4.78, 5) is 17.6. The topological polar surface area (TPSA) is 67.5 Å². The van der Waals surface area contributed by atoms with Gasteiger partial charge in [0.2, 0.25) is 0 Å². The highest BCUT2D eigenvalue weighted by Crippen LogP contribution is 2.26. The maximum Gasteiger partial charge on any atom is 0.272 e. The molecule has 3 aromatic carbocycles. The predicted octanol–water partition coefficient (Wildman–Crippen LogP) is 6.72. The van der Waals surface area contributed by atoms with Gasteiger partial charge in [-0.3, -0.25) is 4.79 Å². The number of amides is 1. The molecular formula is C27H17ClFN3O2. The number of rotatable bonds is 5. The van der Waals surface area contributed by atoms with Crippen LogP contribution in [0.1, 0.15) is 16.1 Å². The number of aromatic nitrogens is 1. The summed E-state index contributed by atoms with van der Waals surface area (Å²) in [5, 5.41) is 5.34. The first-order valence-electron chi connectivity index (χ1n) is 10.4. The summed E-state index contributed by atoms with van der Waals surface area (Å²) in [5.41, 5.74) is 5.70. The molecule has 2 aromatic heterocycles. The summed E-state index contributed by atoms with van der Waals surface area (Å²) < 4.78 is 19.1. The fraction of sp³-hybridized carbons (Fsp3) is 0. The lowest BCUT2D eigenvalue weighted by atomic mass is 10.0. The van der Waals surface area contributed by atoms with Crippen molar-refractivity contribution in [2.24, 2.45) is 5.10 Å². The Bertz CT molecular complexity index is 1530. The Morgan fingerprint density at radius 1 is 0.941 bits per heavy atom. The van der Waals surface area contributed by atoms with E-state index in [1.165, 1.54) is 18.3 Å². The lowest BCUT2D eigenvalue weighted by Crippen LogP contribution is -2.18. The smallest absolute Gasteiger partial charge is 0.272 e. The highest BCUT2D eigenvalue weighted by molar-refractivity contribution is 6.30. The third kappa shape index (κ3) is 4.58. The number of hydrogen-bond donors (Lipinski definition) is 1. The Balaban J connectivity index is 1.39. The van der Waals surface area contributed by atoms with Gasteiger partial charge in [-0.1, -0.05) is 41.9 Å². The number of carbonyl (C=O) groups is 1. The number of halogens is 2. The predicted molar refractivity (Wildman–Crippen MR) is 131 cm³/mol. The fourth-order valence-corrected chi connectivity index (χ4v) is 3.76. The van der Waals surface area contributed by atoms with E-state index in [2.05, 4.69) is 15.5 Å². The quantitative estimate of drug-likeness (QED) is 0.229. The van der Waals surface area contributed by atoms with Crippen molar-refractivity contribution in [1.82, 2.24) is 10.4 Å². The molecule has 5 nitrogen and oxygen atoms in total. The Morgan fingerprint density at radius 2 is 1.76 bits per heavy atom. The molecule has 1 amide bonds. The van der Waals surface area contributed by atoms with Crippen LogP contribution >= 0.6 is 11.6 Å². The number of hydrogen-bond acceptors (Lipinski definition) is 4. The molecule has 7 heteroatoms. The van der Waals surface area contributed by atoms with Gasteiger partial charge in [0.1, 0.15) is 17.3 Å². The molecule has 5 aromatic rings. The van der Waals surface area contributed by atoms with Crippen LogP contribution in [0.25, 0.3) is 33.5 Å². The molecule has 34 heavy (non-hydrogen) atoms. The first-order valence-corrected chi connectivity index (χ1v) is 10.8. The minimum atomic E-state index is -0.403. The minimum absolute atomic E-state index is 0.340. The number of nitrogens with zero attached hydrogens (tertiary/aromatic N) is 2. The van der Waals surface area contributed by atoms with Gasteiger partial charge < -0.3 is 4.42 Å². The zero-order chi connectivity index (χ0) is 23.5. The second-order valence-electron chi connectivity index (χ2n) is 7.49. The van der Waals surface area contributed by atoms with Crippen LogP contribution in [0.15, 0.2) is 101 Å². The maximum atomic E-state index is 13.3. The summed E-state index contributed by atoms with van der Waals surface area (Å²) in [7, 11) is 0. The molecular weight excluding hydrogens is 453 g/mol. The molecule has 0 spiro atoms. The van der Waals surface area contributed by atoms with Crippen molar-refractivity contribution in [2.45, 2.75) is 0 Å². The van der Waals surface area contributed by atoms with Crippen LogP contribution in [0, 0.1) is 5.82 Å². The van der Waals surface area contributed by atoms with Crippen molar-refractivity contribution in [3.05, 3.63) is 113 Å². The number of hydrazone groups is 1. The molecule has 0 aliphatic heterocycles. The van der Waals surface area contributed by atoms with Gasteiger partial charge in [-0.05, 0) is 60.7 Å². The molecule has 0 saturated carbocycles. The number of carbonyl (C=O) groups excluding carboxylic acids is 1. The Kier molecular flexibility index (Phi) is 5.89. The van der Waals surface area contributed by atoms with Gasteiger partial charge in [0.25, 0.3) is 5.91 Å². The molecule has 0 saturated heterocycles. The second kappa shape index (κ2) is 9.29. The molecule has 0 radical (unpaired) electrons. The minimum Gasteiger partial charge on any atom is -0.455 e. The van der Waals surface area contributed by atoms with E-state index in [1.807, 2.05) is 36.4 Å². The highest BCUT2D eigenvalue weighted by atomic mass is 35.5. The summed E-state index contributed by atoms with van der Waals surface area (Å²) in [6.07, 6.45) is 1.43. The fourth-order valence-electron chi connectivity index (χ4n) is 3.57. The molecule has 0 fully saturated rings. The van der Waals surface area contributed by atoms with Crippen molar-refractivity contribution in [3.63, 3.8) is 0 Å². The SMILES string of the molecule is O=C(N/N=C\c1ccc(-c2cccc(Cl)c2)o1)c1cc(-c2ccc(F)cc2)nc2ccccc12. The van der Waals surface area contributed by atoms with Crippen LogP contribution in [-0.4, -0.2) is 17.1 Å². The molecule has 5 rings (SSSR count). The Labute approximate surface area is 199 Å². The molecule has 0 aliphatic carbocycles. The van der Waals surface area contributed by atoms with E-state index in [4.69, 9.17) is 16.0 Å². The Hall–Kier alpha value is -4.29. The van der Waals surface area contributed by atoms with Crippen molar-refractivity contribution in [1.29, 1.82) is 0 Å². The number of fused-ring (bicyclic) bond motifs is 1. The van der Waals surface area contributed by atoms with Crippen LogP contribution < -0.4 is 5.43 Å². The van der Waals surface area contributed by atoms with Crippen LogP contribution in [0.5, 0.6) is 0 Å². The summed E-state index contributed by atoms with van der Waals surface area (Å²) >= 11 is 6.04. The lowest BCUT2D eigenvalue weighted by molar-refractivity contribution is 0.0956. The number of nitrogens with one attached hydrogen (secondary N) is 1. The van der Waals surface area contributed by atoms with E-state index in [1.54, 1.807) is 42.5 Å². The first kappa shape index (κ1) is 21.6. The van der Waals surface area contributed by atoms with Crippen molar-refractivity contribution < 1.29 is 13.6 Å². The Morgan fingerprint density at radius 3 is 2.59 bits per heavy atom. The number of para-hydroxylation sites is 1. The standard InChI is InChI=1S/C27H17ClFN3O2/c28-19-5-3-4-18(14-19)26-13-12-21(34-26)16-30-32-27(33)23-15-25(17-8-10-20(29)11-9-17)31-24-7-2-1-6-22(23)24/h1-16H,(H,32,33)/b30-16-. The molecule has 0 bridgehead atoms. The van der Waals surface area contributed by atoms with Gasteiger partial charge in [-0.2, -0.15) is 5.10 Å². The number of furan rings is 1. The first-order chi connectivity index (χ1) is 16.6. The third-order valence-corrected chi connectivity index (χ3v) is 5.43. The molecule has 0 unspecified atom stereocenters. The summed E-state index contributed by atoms with van der Waals surface area (Å²) in [6, 6.07) is 25.8. The molecule has 0 atom stereocenters. The third-order valence-electron chi connectivity index (χ3n) is 5.19. The van der Waals surface area contributed by atoms with Gasteiger partial charge >= 0.3 is 0 Å². The van der Waals surface area contributed by atoms with E-state index >= 15 is 0 Å². The average molecular weight is 470 g/mol. The molecule has 1 N–H and O–H groups in total. The number of pyridine rings is 1. The van der Waals surface area contributed by atoms with E-state index in [9.17, 15) is 9.18 Å². The van der Waals surface area contributed by atoms with Crippen LogP contribution in [0.3, 0.4) is 0 Å². The second-order valence-corrected chi connectivity index (χ2v) is 7.93. The lowest BCUT2D eigenvalue weighted by Gasteiger charge is -2.09. The largest absolute Gasteiger partial charge is 0.455 e. The summed E-state index contributed by atoms with van der Waals surface area (Å²) in [5.74, 6) is 0.370. The van der Waals surface area contributed by atoms with Crippen LogP contribution in [-0.2, 0) is 0 Å². The maximum absolute atomic E-state index is 13.3. The molecule has 0 aliphatic rings. The zero-order valence-corrected chi connectivity index (χ0v) is 18.5. The van der Waals surface area contributed by atoms with Crippen LogP contribution in [0.4, 0.5) is 4.39 Å². The van der Waals surface area contributed by atoms with E-state index in [-0.39, 0.29) is 5.82 Å². The summed E-state index contributed by atoms with van der Waals surface area (Å²) in [6.45, 7) is 0. The van der Waals surface area contributed by atoms with Crippen molar-refractivity contribution >= 4 is 34.6 Å².